The summed E-state index contributed by atoms with van der Waals surface area (Å²) in [5, 5.41) is 6.58. The smallest absolute Gasteiger partial charge is 0.190 e. The van der Waals surface area contributed by atoms with Gasteiger partial charge in [0.1, 0.15) is 0 Å². The minimum Gasteiger partial charge on any atom is -0.385 e. The third-order valence-corrected chi connectivity index (χ3v) is 2.82. The number of hydrogen-bond donors (Lipinski definition) is 2. The molecule has 0 saturated carbocycles. The average Bonchev–Trinajstić information content (AvgIpc) is 2.46. The summed E-state index contributed by atoms with van der Waals surface area (Å²) in [5.41, 5.74) is 1.38. The molecule has 0 radical (unpaired) electrons. The van der Waals surface area contributed by atoms with Crippen molar-refractivity contribution in [3.63, 3.8) is 0 Å². The predicted molar refractivity (Wildman–Crippen MR) is 80.6 cm³/mol. The Hall–Kier alpha value is -1.55. The highest BCUT2D eigenvalue weighted by molar-refractivity contribution is 5.79. The van der Waals surface area contributed by atoms with Crippen molar-refractivity contribution in [3.05, 3.63) is 35.9 Å². The largest absolute Gasteiger partial charge is 0.385 e. The Balaban J connectivity index is 2.09. The monoisotopic (exact) mass is 263 g/mol. The van der Waals surface area contributed by atoms with Crippen LogP contribution < -0.4 is 10.6 Å². The number of aliphatic imine (C=N–C) groups is 1. The summed E-state index contributed by atoms with van der Waals surface area (Å²) in [6.07, 6.45) is 3.18. The maximum absolute atomic E-state index is 5.00. The number of methoxy groups -OCH3 is 1. The van der Waals surface area contributed by atoms with E-state index in [0.717, 1.165) is 44.9 Å². The summed E-state index contributed by atoms with van der Waals surface area (Å²) in [5.74, 6) is 0.865. The quantitative estimate of drug-likeness (QED) is 0.427. The van der Waals surface area contributed by atoms with Crippen LogP contribution in [0.3, 0.4) is 0 Å². The van der Waals surface area contributed by atoms with E-state index in [-0.39, 0.29) is 0 Å². The van der Waals surface area contributed by atoms with Gasteiger partial charge in [-0.3, -0.25) is 4.99 Å². The molecule has 0 amide bonds. The van der Waals surface area contributed by atoms with Crippen molar-refractivity contribution in [1.29, 1.82) is 0 Å². The molecule has 4 heteroatoms. The van der Waals surface area contributed by atoms with Gasteiger partial charge in [-0.2, -0.15) is 0 Å². The van der Waals surface area contributed by atoms with Gasteiger partial charge in [0, 0.05) is 33.9 Å². The Labute approximate surface area is 116 Å². The van der Waals surface area contributed by atoms with Gasteiger partial charge in [-0.25, -0.2) is 0 Å². The number of guanidine groups is 1. The van der Waals surface area contributed by atoms with E-state index in [0.29, 0.717) is 0 Å². The Bertz CT molecular complexity index is 352. The van der Waals surface area contributed by atoms with Gasteiger partial charge in [-0.05, 0) is 24.8 Å². The fraction of sp³-hybridized carbons (Fsp3) is 0.533. The van der Waals surface area contributed by atoms with Gasteiger partial charge in [0.25, 0.3) is 0 Å². The minimum absolute atomic E-state index is 0.776. The number of rotatable bonds is 8. The first-order valence-corrected chi connectivity index (χ1v) is 6.84. The highest BCUT2D eigenvalue weighted by Crippen LogP contribution is 2.01. The molecule has 1 aromatic rings. The zero-order valence-corrected chi connectivity index (χ0v) is 12.0. The van der Waals surface area contributed by atoms with Crippen LogP contribution in [-0.4, -0.2) is 39.8 Å². The molecule has 0 saturated heterocycles. The van der Waals surface area contributed by atoms with E-state index < -0.39 is 0 Å². The van der Waals surface area contributed by atoms with Crippen LogP contribution in [-0.2, 0) is 11.2 Å². The number of ether oxygens (including phenoxy) is 1. The molecule has 0 spiro atoms. The summed E-state index contributed by atoms with van der Waals surface area (Å²) >= 11 is 0. The third-order valence-electron chi connectivity index (χ3n) is 2.82. The summed E-state index contributed by atoms with van der Waals surface area (Å²) < 4.78 is 5.00. The molecule has 1 rings (SSSR count). The standard InChI is InChI=1S/C15H25N3O/c1-16-15(18-12-7-13-19-2)17-11-6-10-14-8-4-3-5-9-14/h3-5,8-9H,6-7,10-13H2,1-2H3,(H2,16,17,18). The van der Waals surface area contributed by atoms with E-state index in [1.54, 1.807) is 14.2 Å². The molecule has 106 valence electrons. The molecule has 0 bridgehead atoms. The van der Waals surface area contributed by atoms with Crippen molar-refractivity contribution >= 4 is 5.96 Å². The van der Waals surface area contributed by atoms with E-state index in [1.165, 1.54) is 5.56 Å². The highest BCUT2D eigenvalue weighted by atomic mass is 16.5. The first-order chi connectivity index (χ1) is 9.36. The second-order valence-electron chi connectivity index (χ2n) is 4.36. The SMILES string of the molecule is CN=C(NCCCOC)NCCCc1ccccc1. The van der Waals surface area contributed by atoms with Crippen molar-refractivity contribution in [2.24, 2.45) is 4.99 Å². The Morgan fingerprint density at radius 2 is 1.79 bits per heavy atom. The van der Waals surface area contributed by atoms with Crippen molar-refractivity contribution in [1.82, 2.24) is 10.6 Å². The molecular weight excluding hydrogens is 238 g/mol. The number of benzene rings is 1. The van der Waals surface area contributed by atoms with Crippen LogP contribution in [0.15, 0.2) is 35.3 Å². The Kier molecular flexibility index (Phi) is 8.47. The van der Waals surface area contributed by atoms with Gasteiger partial charge in [0.2, 0.25) is 0 Å². The minimum atomic E-state index is 0.776. The first-order valence-electron chi connectivity index (χ1n) is 6.84. The average molecular weight is 263 g/mol. The molecule has 0 aliphatic heterocycles. The second kappa shape index (κ2) is 10.4. The molecule has 0 heterocycles. The van der Waals surface area contributed by atoms with E-state index in [9.17, 15) is 0 Å². The summed E-state index contributed by atoms with van der Waals surface area (Å²) in [4.78, 5) is 4.18. The first kappa shape index (κ1) is 15.5. The van der Waals surface area contributed by atoms with Crippen LogP contribution >= 0.6 is 0 Å². The molecule has 19 heavy (non-hydrogen) atoms. The number of nitrogens with zero attached hydrogens (tertiary/aromatic N) is 1. The van der Waals surface area contributed by atoms with E-state index in [2.05, 4.69) is 39.9 Å². The molecule has 0 fully saturated rings. The van der Waals surface area contributed by atoms with Gasteiger partial charge in [-0.1, -0.05) is 30.3 Å². The molecule has 2 N–H and O–H groups in total. The van der Waals surface area contributed by atoms with E-state index >= 15 is 0 Å². The van der Waals surface area contributed by atoms with Gasteiger partial charge in [0.15, 0.2) is 5.96 Å². The third kappa shape index (κ3) is 7.47. The zero-order valence-electron chi connectivity index (χ0n) is 12.0. The summed E-state index contributed by atoms with van der Waals surface area (Å²) in [7, 11) is 3.51. The van der Waals surface area contributed by atoms with Crippen molar-refractivity contribution < 1.29 is 4.74 Å². The van der Waals surface area contributed by atoms with Crippen molar-refractivity contribution in [2.45, 2.75) is 19.3 Å². The predicted octanol–water partition coefficient (Wildman–Crippen LogP) is 1.82. The molecule has 4 nitrogen and oxygen atoms in total. The van der Waals surface area contributed by atoms with E-state index in [1.807, 2.05) is 6.07 Å². The molecule has 0 aliphatic rings. The topological polar surface area (TPSA) is 45.7 Å². The zero-order chi connectivity index (χ0) is 13.8. The lowest BCUT2D eigenvalue weighted by Crippen LogP contribution is -2.38. The molecule has 0 unspecified atom stereocenters. The second-order valence-corrected chi connectivity index (χ2v) is 4.36. The Morgan fingerprint density at radius 1 is 1.11 bits per heavy atom. The number of aryl methyl sites for hydroxylation is 1. The molecule has 0 atom stereocenters. The highest BCUT2D eigenvalue weighted by Gasteiger charge is 1.97. The van der Waals surface area contributed by atoms with Gasteiger partial charge < -0.3 is 15.4 Å². The number of hydrogen-bond acceptors (Lipinski definition) is 2. The van der Waals surface area contributed by atoms with Crippen LogP contribution in [0.25, 0.3) is 0 Å². The van der Waals surface area contributed by atoms with Crippen LogP contribution in [0.1, 0.15) is 18.4 Å². The normalized spacial score (nSPS) is 11.4. The molecule has 0 aromatic heterocycles. The summed E-state index contributed by atoms with van der Waals surface area (Å²) in [6, 6.07) is 10.5. The lowest BCUT2D eigenvalue weighted by Gasteiger charge is -2.11. The lowest BCUT2D eigenvalue weighted by molar-refractivity contribution is 0.195. The van der Waals surface area contributed by atoms with Gasteiger partial charge >= 0.3 is 0 Å². The van der Waals surface area contributed by atoms with Crippen molar-refractivity contribution in [2.75, 3.05) is 33.9 Å². The number of nitrogens with one attached hydrogen (secondary N) is 2. The van der Waals surface area contributed by atoms with Crippen LogP contribution in [0.2, 0.25) is 0 Å². The summed E-state index contributed by atoms with van der Waals surface area (Å²) in [6.45, 7) is 2.59. The molecule has 0 aliphatic carbocycles. The van der Waals surface area contributed by atoms with Crippen LogP contribution in [0.5, 0.6) is 0 Å². The van der Waals surface area contributed by atoms with Crippen LogP contribution in [0, 0.1) is 0 Å². The van der Waals surface area contributed by atoms with Gasteiger partial charge in [-0.15, -0.1) is 0 Å². The van der Waals surface area contributed by atoms with Gasteiger partial charge in [0.05, 0.1) is 0 Å². The van der Waals surface area contributed by atoms with E-state index in [4.69, 9.17) is 4.74 Å². The fourth-order valence-corrected chi connectivity index (χ4v) is 1.79. The molecular formula is C15H25N3O. The van der Waals surface area contributed by atoms with Crippen LogP contribution in [0.4, 0.5) is 0 Å². The maximum atomic E-state index is 5.00. The Morgan fingerprint density at radius 3 is 2.42 bits per heavy atom. The maximum Gasteiger partial charge on any atom is 0.190 e. The lowest BCUT2D eigenvalue weighted by atomic mass is 10.1. The molecule has 1 aromatic carbocycles. The fourth-order valence-electron chi connectivity index (χ4n) is 1.79. The van der Waals surface area contributed by atoms with Crippen molar-refractivity contribution in [3.8, 4) is 0 Å².